The second-order valence-electron chi connectivity index (χ2n) is 8.61. The van der Waals surface area contributed by atoms with E-state index in [1.54, 1.807) is 6.07 Å². The molecule has 4 rings (SSSR count). The third kappa shape index (κ3) is 4.81. The van der Waals surface area contributed by atoms with Gasteiger partial charge in [0.2, 0.25) is 15.3 Å². The number of hydrogen-bond acceptors (Lipinski definition) is 6. The molecule has 6 nitrogen and oxygen atoms in total. The number of primary sulfonamides is 1. The third-order valence-corrected chi connectivity index (χ3v) is 7.63. The fourth-order valence-corrected chi connectivity index (χ4v) is 5.34. The van der Waals surface area contributed by atoms with Crippen LogP contribution in [0.4, 0.5) is 13.2 Å². The molecule has 0 aliphatic rings. The van der Waals surface area contributed by atoms with Gasteiger partial charge in [-0.1, -0.05) is 32.9 Å². The summed E-state index contributed by atoms with van der Waals surface area (Å²) >= 11 is 7.26. The van der Waals surface area contributed by atoms with E-state index in [9.17, 15) is 12.8 Å². The molecule has 0 radical (unpaired) electrons. The monoisotopic (exact) mass is 538 g/mol. The number of hydrogen-bond donors (Lipinski definition) is 1. The van der Waals surface area contributed by atoms with Crippen LogP contribution in [-0.4, -0.2) is 23.4 Å². The minimum atomic E-state index is -4.74. The standard InChI is InChI=1S/C23H18ClF3N4O2S2/c1-23(2,3)21-31-18(19(34-21)15-9-10-29-22(24)30-15)13-6-4-5-11(16(13)26)12-7-8-14(25)20(17(12)27)35(28,32)33/h4-10H,1-3H3,(H2,28,32,33). The van der Waals surface area contributed by atoms with Gasteiger partial charge in [-0.2, -0.15) is 0 Å². The molecule has 2 heterocycles. The van der Waals surface area contributed by atoms with Gasteiger partial charge in [0.15, 0.2) is 10.7 Å². The maximum Gasteiger partial charge on any atom is 0.243 e. The van der Waals surface area contributed by atoms with E-state index in [0.717, 1.165) is 12.1 Å². The molecule has 4 aromatic rings. The molecule has 0 unspecified atom stereocenters. The van der Waals surface area contributed by atoms with Crippen LogP contribution in [0.25, 0.3) is 33.0 Å². The zero-order valence-corrected chi connectivity index (χ0v) is 21.0. The molecular weight excluding hydrogens is 521 g/mol. The summed E-state index contributed by atoms with van der Waals surface area (Å²) in [6.45, 7) is 5.84. The minimum absolute atomic E-state index is 0.00251. The van der Waals surface area contributed by atoms with E-state index in [1.165, 1.54) is 35.7 Å². The van der Waals surface area contributed by atoms with Gasteiger partial charge in [0, 0.05) is 28.3 Å². The van der Waals surface area contributed by atoms with Crippen molar-refractivity contribution in [3.05, 3.63) is 70.3 Å². The maximum atomic E-state index is 15.9. The average molecular weight is 539 g/mol. The Morgan fingerprint density at radius 2 is 1.60 bits per heavy atom. The molecule has 0 saturated heterocycles. The first-order valence-electron chi connectivity index (χ1n) is 10.1. The van der Waals surface area contributed by atoms with Crippen LogP contribution in [0.5, 0.6) is 0 Å². The van der Waals surface area contributed by atoms with Crippen molar-refractivity contribution in [2.45, 2.75) is 31.1 Å². The van der Waals surface area contributed by atoms with Gasteiger partial charge in [-0.15, -0.1) is 11.3 Å². The maximum absolute atomic E-state index is 15.9. The molecule has 182 valence electrons. The van der Waals surface area contributed by atoms with E-state index in [-0.39, 0.29) is 27.5 Å². The van der Waals surface area contributed by atoms with Gasteiger partial charge in [0.1, 0.15) is 11.6 Å². The van der Waals surface area contributed by atoms with Gasteiger partial charge in [-0.25, -0.2) is 41.7 Å². The molecule has 0 saturated carbocycles. The number of rotatable bonds is 4. The SMILES string of the molecule is CC(C)(C)c1nc(-c2cccc(-c3ccc(F)c(S(N)(=O)=O)c3F)c2F)c(-c2ccnc(Cl)n2)s1. The lowest BCUT2D eigenvalue weighted by Crippen LogP contribution is -2.16. The number of thiazole rings is 1. The Hall–Kier alpha value is -2.86. The van der Waals surface area contributed by atoms with E-state index < -0.39 is 37.9 Å². The first kappa shape index (κ1) is 25.2. The summed E-state index contributed by atoms with van der Waals surface area (Å²) in [6.07, 6.45) is 1.46. The van der Waals surface area contributed by atoms with Crippen molar-refractivity contribution in [1.29, 1.82) is 0 Å². The molecule has 0 fully saturated rings. The van der Waals surface area contributed by atoms with Gasteiger partial charge in [0.05, 0.1) is 21.3 Å². The van der Waals surface area contributed by atoms with Crippen molar-refractivity contribution in [3.8, 4) is 33.0 Å². The lowest BCUT2D eigenvalue weighted by atomic mass is 9.97. The molecule has 35 heavy (non-hydrogen) atoms. The van der Waals surface area contributed by atoms with Crippen molar-refractivity contribution in [3.63, 3.8) is 0 Å². The summed E-state index contributed by atoms with van der Waals surface area (Å²) in [5, 5.41) is 5.66. The molecule has 2 aromatic heterocycles. The zero-order valence-electron chi connectivity index (χ0n) is 18.6. The van der Waals surface area contributed by atoms with Crippen molar-refractivity contribution in [2.75, 3.05) is 0 Å². The molecular formula is C23H18ClF3N4O2S2. The fourth-order valence-electron chi connectivity index (χ4n) is 3.38. The summed E-state index contributed by atoms with van der Waals surface area (Å²) in [5.74, 6) is -3.74. The smallest absolute Gasteiger partial charge is 0.240 e. The van der Waals surface area contributed by atoms with Crippen LogP contribution in [0.3, 0.4) is 0 Å². The van der Waals surface area contributed by atoms with Crippen LogP contribution in [0.15, 0.2) is 47.5 Å². The van der Waals surface area contributed by atoms with Crippen LogP contribution in [-0.2, 0) is 15.4 Å². The Labute approximate surface area is 208 Å². The second kappa shape index (κ2) is 8.98. The highest BCUT2D eigenvalue weighted by Gasteiger charge is 2.28. The van der Waals surface area contributed by atoms with Gasteiger partial charge in [-0.05, 0) is 35.9 Å². The fraction of sp³-hybridized carbons (Fsp3) is 0.174. The number of benzene rings is 2. The Morgan fingerprint density at radius 3 is 2.23 bits per heavy atom. The Balaban J connectivity index is 1.98. The number of aromatic nitrogens is 3. The van der Waals surface area contributed by atoms with E-state index in [2.05, 4.69) is 15.0 Å². The van der Waals surface area contributed by atoms with E-state index in [0.29, 0.717) is 15.6 Å². The van der Waals surface area contributed by atoms with Crippen molar-refractivity contribution in [1.82, 2.24) is 15.0 Å². The van der Waals surface area contributed by atoms with Crippen molar-refractivity contribution < 1.29 is 21.6 Å². The summed E-state index contributed by atoms with van der Waals surface area (Å²) in [7, 11) is -4.74. The number of nitrogens with zero attached hydrogens (tertiary/aromatic N) is 3. The normalized spacial score (nSPS) is 12.2. The Bertz CT molecular complexity index is 1570. The van der Waals surface area contributed by atoms with Crippen molar-refractivity contribution in [2.24, 2.45) is 5.14 Å². The van der Waals surface area contributed by atoms with Crippen molar-refractivity contribution >= 4 is 33.0 Å². The average Bonchev–Trinajstić information content (AvgIpc) is 3.19. The lowest BCUT2D eigenvalue weighted by Gasteiger charge is -2.14. The highest BCUT2D eigenvalue weighted by molar-refractivity contribution is 7.89. The minimum Gasteiger partial charge on any atom is -0.240 e. The van der Waals surface area contributed by atoms with E-state index in [1.807, 2.05) is 20.8 Å². The number of sulfonamides is 1. The van der Waals surface area contributed by atoms with E-state index in [4.69, 9.17) is 16.7 Å². The molecule has 0 amide bonds. The molecule has 12 heteroatoms. The molecule has 0 aliphatic carbocycles. The summed E-state index contributed by atoms with van der Waals surface area (Å²) < 4.78 is 68.5. The Morgan fingerprint density at radius 1 is 0.943 bits per heavy atom. The molecule has 2 aromatic carbocycles. The molecule has 0 atom stereocenters. The highest BCUT2D eigenvalue weighted by Crippen LogP contribution is 2.42. The summed E-state index contributed by atoms with van der Waals surface area (Å²) in [4.78, 5) is 11.9. The second-order valence-corrected chi connectivity index (χ2v) is 11.4. The van der Waals surface area contributed by atoms with Gasteiger partial charge in [-0.3, -0.25) is 0 Å². The predicted octanol–water partition coefficient (Wildman–Crippen LogP) is 5.95. The van der Waals surface area contributed by atoms with Crippen LogP contribution in [0, 0.1) is 17.5 Å². The number of nitrogens with two attached hydrogens (primary N) is 1. The molecule has 0 aliphatic heterocycles. The molecule has 2 N–H and O–H groups in total. The molecule has 0 bridgehead atoms. The van der Waals surface area contributed by atoms with Crippen LogP contribution < -0.4 is 5.14 Å². The molecule has 0 spiro atoms. The van der Waals surface area contributed by atoms with Gasteiger partial charge >= 0.3 is 0 Å². The lowest BCUT2D eigenvalue weighted by molar-refractivity contribution is 0.521. The quantitative estimate of drug-likeness (QED) is 0.324. The van der Waals surface area contributed by atoms with Gasteiger partial charge in [0.25, 0.3) is 0 Å². The largest absolute Gasteiger partial charge is 0.243 e. The first-order valence-corrected chi connectivity index (χ1v) is 12.8. The van der Waals surface area contributed by atoms with Gasteiger partial charge < -0.3 is 0 Å². The number of halogens is 4. The zero-order chi connectivity index (χ0) is 25.7. The van der Waals surface area contributed by atoms with E-state index >= 15 is 8.78 Å². The first-order chi connectivity index (χ1) is 16.3. The van der Waals surface area contributed by atoms with Crippen LogP contribution >= 0.6 is 22.9 Å². The Kier molecular flexibility index (Phi) is 6.47. The predicted molar refractivity (Wildman–Crippen MR) is 129 cm³/mol. The van der Waals surface area contributed by atoms with Crippen LogP contribution in [0.1, 0.15) is 25.8 Å². The summed E-state index contributed by atoms with van der Waals surface area (Å²) in [6, 6.07) is 7.44. The summed E-state index contributed by atoms with van der Waals surface area (Å²) in [5.41, 5.74) is -0.462. The van der Waals surface area contributed by atoms with Crippen LogP contribution in [0.2, 0.25) is 5.28 Å². The highest BCUT2D eigenvalue weighted by atomic mass is 35.5. The third-order valence-electron chi connectivity index (χ3n) is 5.01. The topological polar surface area (TPSA) is 98.8 Å².